The van der Waals surface area contributed by atoms with Crippen LogP contribution in [0.3, 0.4) is 0 Å². The van der Waals surface area contributed by atoms with Crippen molar-refractivity contribution in [3.63, 3.8) is 0 Å². The molecule has 0 aliphatic rings. The molecule has 0 aromatic heterocycles. The average Bonchev–Trinajstić information content (AvgIpc) is 2.55. The van der Waals surface area contributed by atoms with Crippen molar-refractivity contribution in [2.45, 2.75) is 79.1 Å². The molecule has 6 nitrogen and oxygen atoms in total. The number of hydrogen-bond acceptors (Lipinski definition) is 6. The normalized spacial score (nSPS) is 15.3. The van der Waals surface area contributed by atoms with E-state index in [2.05, 4.69) is 36.7 Å². The van der Waals surface area contributed by atoms with Crippen LogP contribution < -0.4 is 9.79 Å². The second-order valence-corrected chi connectivity index (χ2v) is 7.53. The van der Waals surface area contributed by atoms with Crippen molar-refractivity contribution >= 4 is 16.5 Å². The fourth-order valence-corrected chi connectivity index (χ4v) is 2.91. The van der Waals surface area contributed by atoms with E-state index < -0.39 is 16.5 Å². The molecule has 4 atom stereocenters. The van der Waals surface area contributed by atoms with E-state index in [1.165, 1.54) is 0 Å². The van der Waals surface area contributed by atoms with Crippen molar-refractivity contribution in [3.05, 3.63) is 0 Å². The Morgan fingerprint density at radius 2 is 1.08 bits per heavy atom. The summed E-state index contributed by atoms with van der Waals surface area (Å²) in [5.74, 6) is 0.820. The Balaban J connectivity index is -0.000000372. The van der Waals surface area contributed by atoms with Crippen molar-refractivity contribution in [1.29, 1.82) is 0 Å². The van der Waals surface area contributed by atoms with Gasteiger partial charge < -0.3 is 28.0 Å². The van der Waals surface area contributed by atoms with Gasteiger partial charge in [0.2, 0.25) is 0 Å². The smallest absolute Gasteiger partial charge is 0.781 e. The monoisotopic (exact) mass is 449 g/mol. The number of unbranched alkanes of at least 4 members (excludes halogenated alkanes) is 2. The van der Waals surface area contributed by atoms with Crippen molar-refractivity contribution < 1.29 is 45.0 Å². The van der Waals surface area contributed by atoms with E-state index >= 15 is 0 Å². The van der Waals surface area contributed by atoms with Gasteiger partial charge in [-0.15, -0.1) is 0 Å². The summed E-state index contributed by atoms with van der Waals surface area (Å²) in [4.78, 5) is 20.3. The maximum atomic E-state index is 10.1. The van der Waals surface area contributed by atoms with Crippen LogP contribution in [0.25, 0.3) is 0 Å². The molecule has 9 heteroatoms. The Kier molecular flexibility index (Phi) is 27.9. The second-order valence-electron chi connectivity index (χ2n) is 5.96. The van der Waals surface area contributed by atoms with Gasteiger partial charge in [0.15, 0.2) is 0 Å². The molecule has 0 N–H and O–H groups in total. The maximum absolute atomic E-state index is 10.1. The molecule has 1 radical (unpaired) electrons. The Labute approximate surface area is 165 Å². The zero-order valence-electron chi connectivity index (χ0n) is 16.0. The van der Waals surface area contributed by atoms with Crippen LogP contribution in [0.15, 0.2) is 0 Å². The first kappa shape index (κ1) is 30.5. The van der Waals surface area contributed by atoms with Crippen LogP contribution in [0.1, 0.15) is 79.1 Å². The van der Waals surface area contributed by atoms with E-state index in [1.807, 2.05) is 0 Å². The van der Waals surface area contributed by atoms with Crippen LogP contribution in [0, 0.1) is 11.8 Å². The fourth-order valence-electron chi connectivity index (χ4n) is 2.17. The van der Waals surface area contributed by atoms with E-state index in [9.17, 15) is 18.9 Å². The molecule has 0 bridgehead atoms. The van der Waals surface area contributed by atoms with E-state index in [0.717, 1.165) is 51.4 Å². The van der Waals surface area contributed by atoms with E-state index in [0.29, 0.717) is 25.0 Å². The molecule has 0 rings (SSSR count). The summed E-state index contributed by atoms with van der Waals surface area (Å²) < 4.78 is 29.5. The van der Waals surface area contributed by atoms with Gasteiger partial charge in [0.1, 0.15) is 16.5 Å². The molecular weight excluding hydrogens is 414 g/mol. The molecule has 0 saturated carbocycles. The summed E-state index contributed by atoms with van der Waals surface area (Å²) in [6, 6.07) is 0. The molecule has 0 aromatic rings. The fraction of sp³-hybridized carbons (Fsp3) is 1.00. The summed E-state index contributed by atoms with van der Waals surface area (Å²) in [5, 5.41) is 0. The molecule has 0 aromatic carbocycles. The average molecular weight is 450 g/mol. The Bertz CT molecular complexity index is 291. The Morgan fingerprint density at radius 3 is 1.28 bits per heavy atom. The van der Waals surface area contributed by atoms with E-state index in [-0.39, 0.29) is 17.1 Å². The molecule has 25 heavy (non-hydrogen) atoms. The van der Waals surface area contributed by atoms with Crippen LogP contribution in [0.5, 0.6) is 0 Å². The summed E-state index contributed by atoms with van der Waals surface area (Å²) in [7, 11) is -5.93. The summed E-state index contributed by atoms with van der Waals surface area (Å²) in [5.41, 5.74) is 0. The summed E-state index contributed by atoms with van der Waals surface area (Å²) >= 11 is 0. The first-order valence-corrected chi connectivity index (χ1v) is 11.5. The molecule has 0 amide bonds. The zero-order valence-corrected chi connectivity index (χ0v) is 18.9. The molecule has 0 heterocycles. The van der Waals surface area contributed by atoms with Gasteiger partial charge >= 0.3 is 17.1 Å². The summed E-state index contributed by atoms with van der Waals surface area (Å²) in [6.45, 7) is 9.13. The van der Waals surface area contributed by atoms with Gasteiger partial charge in [0, 0.05) is 0 Å². The minimum absolute atomic E-state index is 0. The molecule has 0 fully saturated rings. The maximum Gasteiger partial charge on any atom is 2.00 e. The Hall–Kier alpha value is 0.819. The van der Waals surface area contributed by atoms with Gasteiger partial charge in [-0.05, 0) is 24.7 Å². The third kappa shape index (κ3) is 24.8. The van der Waals surface area contributed by atoms with Crippen LogP contribution in [0.2, 0.25) is 0 Å². The third-order valence-electron chi connectivity index (χ3n) is 3.96. The zero-order chi connectivity index (χ0) is 18.8. The predicted molar refractivity (Wildman–Crippen MR) is 96.5 cm³/mol. The van der Waals surface area contributed by atoms with Gasteiger partial charge in [-0.3, -0.25) is 0 Å². The van der Waals surface area contributed by atoms with Gasteiger partial charge in [-0.25, -0.2) is 0 Å². The van der Waals surface area contributed by atoms with E-state index in [4.69, 9.17) is 0 Å². The van der Waals surface area contributed by atoms with Crippen molar-refractivity contribution in [3.8, 4) is 0 Å². The molecule has 0 spiro atoms. The Morgan fingerprint density at radius 1 is 0.760 bits per heavy atom. The predicted octanol–water partition coefficient (Wildman–Crippen LogP) is 3.94. The molecule has 4 unspecified atom stereocenters. The minimum Gasteiger partial charge on any atom is -0.781 e. The first-order valence-electron chi connectivity index (χ1n) is 9.08. The molecular formula is C16H36CuO6P2. The second kappa shape index (κ2) is 22.9. The third-order valence-corrected chi connectivity index (χ3v) is 4.77. The van der Waals surface area contributed by atoms with Crippen molar-refractivity contribution in [2.24, 2.45) is 11.8 Å². The van der Waals surface area contributed by atoms with Crippen LogP contribution in [0.4, 0.5) is 0 Å². The van der Waals surface area contributed by atoms with Gasteiger partial charge in [-0.2, -0.15) is 0 Å². The number of rotatable bonds is 14. The van der Waals surface area contributed by atoms with E-state index in [1.54, 1.807) is 0 Å². The standard InChI is InChI=1S/2C8H19O3P.Cu/c2*1-3-5-6-8(4-2)7-11-12(9)10;/h2*8,12H,3-7H2,1-2H3,(H,9,10);/q;;+2/p-2. The summed E-state index contributed by atoms with van der Waals surface area (Å²) in [6.07, 6.45) is 8.75. The van der Waals surface area contributed by atoms with Gasteiger partial charge in [0.25, 0.3) is 0 Å². The molecule has 0 aliphatic heterocycles. The van der Waals surface area contributed by atoms with Crippen molar-refractivity contribution in [1.82, 2.24) is 0 Å². The van der Waals surface area contributed by atoms with Crippen LogP contribution >= 0.6 is 16.5 Å². The SMILES string of the molecule is CCCCC(CC)CO[PH](=O)[O-].CCCCC(CC)CO[PH](=O)[O-].[Cu+2]. The van der Waals surface area contributed by atoms with Crippen LogP contribution in [-0.2, 0) is 35.2 Å². The molecule has 157 valence electrons. The first-order chi connectivity index (χ1) is 11.4. The quantitative estimate of drug-likeness (QED) is 0.294. The van der Waals surface area contributed by atoms with Crippen LogP contribution in [-0.4, -0.2) is 13.2 Å². The van der Waals surface area contributed by atoms with Gasteiger partial charge in [-0.1, -0.05) is 66.2 Å². The molecule has 0 saturated heterocycles. The number of hydrogen-bond donors (Lipinski definition) is 0. The topological polar surface area (TPSA) is 98.7 Å². The van der Waals surface area contributed by atoms with Gasteiger partial charge in [0.05, 0.1) is 13.2 Å². The largest absolute Gasteiger partial charge is 2.00 e. The minimum atomic E-state index is -2.96. The molecule has 0 aliphatic carbocycles. The van der Waals surface area contributed by atoms with Crippen molar-refractivity contribution in [2.75, 3.05) is 13.2 Å².